The standard InChI is InChI=1S/C14H21ClN2O2.ClH/c1-19-14-10-11(2-3-12(14)15)13(4-9-18)17-7-5-16-6-8-17;/h2-3,10,13,16,18H,4-9H2,1H3;1H/t13-;/m1./s1. The summed E-state index contributed by atoms with van der Waals surface area (Å²) in [5, 5.41) is 13.3. The fraction of sp³-hybridized carbons (Fsp3) is 0.571. The largest absolute Gasteiger partial charge is 0.495 e. The molecule has 0 spiro atoms. The Bertz CT molecular complexity index is 412. The van der Waals surface area contributed by atoms with Crippen LogP contribution >= 0.6 is 24.0 Å². The van der Waals surface area contributed by atoms with Crippen molar-refractivity contribution in [1.29, 1.82) is 0 Å². The number of aliphatic hydroxyl groups is 1. The first-order chi connectivity index (χ1) is 9.26. The van der Waals surface area contributed by atoms with Crippen LogP contribution in [0.4, 0.5) is 0 Å². The van der Waals surface area contributed by atoms with Crippen molar-refractivity contribution >= 4 is 24.0 Å². The Kier molecular flexibility index (Phi) is 7.62. The highest BCUT2D eigenvalue weighted by molar-refractivity contribution is 6.32. The molecule has 1 aromatic carbocycles. The molecule has 114 valence electrons. The Morgan fingerprint density at radius 1 is 1.40 bits per heavy atom. The van der Waals surface area contributed by atoms with Gasteiger partial charge >= 0.3 is 0 Å². The Balaban J connectivity index is 0.00000200. The fourth-order valence-electron chi connectivity index (χ4n) is 2.56. The van der Waals surface area contributed by atoms with Gasteiger partial charge in [0.25, 0.3) is 0 Å². The van der Waals surface area contributed by atoms with Gasteiger partial charge in [-0.25, -0.2) is 0 Å². The maximum absolute atomic E-state index is 9.31. The lowest BCUT2D eigenvalue weighted by atomic mass is 10.0. The molecule has 0 bridgehead atoms. The average molecular weight is 321 g/mol. The van der Waals surface area contributed by atoms with E-state index < -0.39 is 0 Å². The van der Waals surface area contributed by atoms with Crippen LogP contribution in [0.2, 0.25) is 5.02 Å². The lowest BCUT2D eigenvalue weighted by Crippen LogP contribution is -2.45. The van der Waals surface area contributed by atoms with Crippen molar-refractivity contribution in [3.63, 3.8) is 0 Å². The van der Waals surface area contributed by atoms with Crippen LogP contribution in [0.15, 0.2) is 18.2 Å². The molecule has 6 heteroatoms. The van der Waals surface area contributed by atoms with Crippen molar-refractivity contribution in [3.05, 3.63) is 28.8 Å². The molecule has 0 aliphatic carbocycles. The highest BCUT2D eigenvalue weighted by atomic mass is 35.5. The molecule has 1 fully saturated rings. The fourth-order valence-corrected chi connectivity index (χ4v) is 2.75. The first-order valence-corrected chi connectivity index (χ1v) is 7.03. The van der Waals surface area contributed by atoms with E-state index in [9.17, 15) is 5.11 Å². The van der Waals surface area contributed by atoms with Crippen LogP contribution in [0.25, 0.3) is 0 Å². The van der Waals surface area contributed by atoms with Gasteiger partial charge in [0.1, 0.15) is 5.75 Å². The van der Waals surface area contributed by atoms with Crippen molar-refractivity contribution < 1.29 is 9.84 Å². The molecule has 0 saturated carbocycles. The van der Waals surface area contributed by atoms with E-state index >= 15 is 0 Å². The van der Waals surface area contributed by atoms with Crippen molar-refractivity contribution in [2.75, 3.05) is 39.9 Å². The SMILES string of the molecule is COc1cc([C@@H](CCO)N2CCNCC2)ccc1Cl.Cl. The number of nitrogens with one attached hydrogen (secondary N) is 1. The Morgan fingerprint density at radius 2 is 2.10 bits per heavy atom. The molecule has 0 radical (unpaired) electrons. The molecular weight excluding hydrogens is 299 g/mol. The Morgan fingerprint density at radius 3 is 2.70 bits per heavy atom. The molecule has 1 heterocycles. The molecule has 1 atom stereocenters. The predicted molar refractivity (Wildman–Crippen MR) is 84.1 cm³/mol. The molecule has 1 aliphatic rings. The summed E-state index contributed by atoms with van der Waals surface area (Å²) < 4.78 is 5.28. The van der Waals surface area contributed by atoms with Gasteiger partial charge in [0.2, 0.25) is 0 Å². The number of rotatable bonds is 5. The van der Waals surface area contributed by atoms with Gasteiger partial charge in [-0.3, -0.25) is 4.90 Å². The average Bonchev–Trinajstić information content (AvgIpc) is 2.46. The van der Waals surface area contributed by atoms with Crippen LogP contribution in [0.5, 0.6) is 5.75 Å². The molecule has 0 unspecified atom stereocenters. The van der Waals surface area contributed by atoms with Crippen LogP contribution in [-0.2, 0) is 0 Å². The number of hydrogen-bond acceptors (Lipinski definition) is 4. The van der Waals surface area contributed by atoms with Crippen LogP contribution < -0.4 is 10.1 Å². The third-order valence-corrected chi connectivity index (χ3v) is 3.87. The first kappa shape index (κ1) is 17.5. The maximum atomic E-state index is 9.31. The Hall–Kier alpha value is -0.520. The minimum atomic E-state index is 0. The summed E-state index contributed by atoms with van der Waals surface area (Å²) >= 11 is 6.07. The summed E-state index contributed by atoms with van der Waals surface area (Å²) in [6, 6.07) is 6.08. The molecule has 1 aliphatic heterocycles. The molecule has 20 heavy (non-hydrogen) atoms. The summed E-state index contributed by atoms with van der Waals surface area (Å²) in [7, 11) is 1.62. The summed E-state index contributed by atoms with van der Waals surface area (Å²) in [6.07, 6.45) is 0.727. The maximum Gasteiger partial charge on any atom is 0.137 e. The highest BCUT2D eigenvalue weighted by Crippen LogP contribution is 2.31. The van der Waals surface area contributed by atoms with Crippen molar-refractivity contribution in [1.82, 2.24) is 10.2 Å². The quantitative estimate of drug-likeness (QED) is 0.872. The van der Waals surface area contributed by atoms with Gasteiger partial charge in [-0.05, 0) is 24.1 Å². The molecule has 1 saturated heterocycles. The number of benzene rings is 1. The van der Waals surface area contributed by atoms with Crippen molar-refractivity contribution in [3.8, 4) is 5.75 Å². The van der Waals surface area contributed by atoms with Gasteiger partial charge in [-0.2, -0.15) is 0 Å². The lowest BCUT2D eigenvalue weighted by Gasteiger charge is -2.35. The van der Waals surface area contributed by atoms with Gasteiger partial charge in [-0.1, -0.05) is 17.7 Å². The third-order valence-electron chi connectivity index (χ3n) is 3.55. The minimum absolute atomic E-state index is 0. The van der Waals surface area contributed by atoms with Crippen LogP contribution in [0.1, 0.15) is 18.0 Å². The zero-order chi connectivity index (χ0) is 13.7. The van der Waals surface area contributed by atoms with Gasteiger partial charge in [0, 0.05) is 38.8 Å². The number of piperazine rings is 1. The second-order valence-corrected chi connectivity index (χ2v) is 5.12. The third kappa shape index (κ3) is 4.24. The molecule has 2 N–H and O–H groups in total. The summed E-state index contributed by atoms with van der Waals surface area (Å²) in [6.45, 7) is 4.16. The molecule has 0 amide bonds. The molecule has 0 aromatic heterocycles. The summed E-state index contributed by atoms with van der Waals surface area (Å²) in [5.74, 6) is 0.692. The van der Waals surface area contributed by atoms with Crippen molar-refractivity contribution in [2.24, 2.45) is 0 Å². The van der Waals surface area contributed by atoms with Crippen LogP contribution in [-0.4, -0.2) is 49.9 Å². The molecule has 4 nitrogen and oxygen atoms in total. The van der Waals surface area contributed by atoms with E-state index in [2.05, 4.69) is 10.2 Å². The second-order valence-electron chi connectivity index (χ2n) is 4.71. The van der Waals surface area contributed by atoms with E-state index in [0.717, 1.165) is 38.2 Å². The molecule has 2 rings (SSSR count). The minimum Gasteiger partial charge on any atom is -0.495 e. The van der Waals surface area contributed by atoms with Crippen molar-refractivity contribution in [2.45, 2.75) is 12.5 Å². The second kappa shape index (κ2) is 8.70. The zero-order valence-corrected chi connectivity index (χ0v) is 13.2. The zero-order valence-electron chi connectivity index (χ0n) is 11.6. The van der Waals surface area contributed by atoms with Gasteiger partial charge in [0.15, 0.2) is 0 Å². The summed E-state index contributed by atoms with van der Waals surface area (Å²) in [5.41, 5.74) is 1.15. The normalized spacial score (nSPS) is 17.4. The van der Waals surface area contributed by atoms with Gasteiger partial charge in [0.05, 0.1) is 12.1 Å². The highest BCUT2D eigenvalue weighted by Gasteiger charge is 2.22. The molecular formula is C14H22Cl2N2O2. The number of ether oxygens (including phenoxy) is 1. The topological polar surface area (TPSA) is 44.7 Å². The lowest BCUT2D eigenvalue weighted by molar-refractivity contribution is 0.141. The Labute approximate surface area is 131 Å². The van der Waals surface area contributed by atoms with Crippen LogP contribution in [0, 0.1) is 0 Å². The van der Waals surface area contributed by atoms with E-state index in [1.807, 2.05) is 18.2 Å². The van der Waals surface area contributed by atoms with E-state index in [1.54, 1.807) is 7.11 Å². The number of methoxy groups -OCH3 is 1. The number of halogens is 2. The first-order valence-electron chi connectivity index (χ1n) is 6.65. The van der Waals surface area contributed by atoms with E-state index in [-0.39, 0.29) is 25.1 Å². The predicted octanol–water partition coefficient (Wildman–Crippen LogP) is 2.10. The number of aliphatic hydroxyl groups excluding tert-OH is 1. The van der Waals surface area contributed by atoms with E-state index in [0.29, 0.717) is 10.8 Å². The monoisotopic (exact) mass is 320 g/mol. The smallest absolute Gasteiger partial charge is 0.137 e. The van der Waals surface area contributed by atoms with E-state index in [1.165, 1.54) is 0 Å². The van der Waals surface area contributed by atoms with E-state index in [4.69, 9.17) is 16.3 Å². The molecule has 1 aromatic rings. The van der Waals surface area contributed by atoms with Gasteiger partial charge in [-0.15, -0.1) is 12.4 Å². The van der Waals surface area contributed by atoms with Crippen LogP contribution in [0.3, 0.4) is 0 Å². The summed E-state index contributed by atoms with van der Waals surface area (Å²) in [4.78, 5) is 2.40. The number of nitrogens with zero attached hydrogens (tertiary/aromatic N) is 1. The van der Waals surface area contributed by atoms with Gasteiger partial charge < -0.3 is 15.2 Å². The number of hydrogen-bond donors (Lipinski definition) is 2.